The molecule has 1 aromatic heterocycles. The van der Waals surface area contributed by atoms with E-state index < -0.39 is 0 Å². The maximum atomic E-state index is 5.85. The minimum absolute atomic E-state index is 0.149. The fraction of sp³-hybridized carbons (Fsp3) is 0.700. The van der Waals surface area contributed by atoms with Gasteiger partial charge in [0.05, 0.1) is 10.7 Å². The highest BCUT2D eigenvalue weighted by Crippen LogP contribution is 2.09. The molecule has 0 atom stereocenters. The van der Waals surface area contributed by atoms with Crippen molar-refractivity contribution in [2.75, 3.05) is 6.54 Å². The molecule has 0 unspecified atom stereocenters. The molecule has 0 amide bonds. The number of thiazole rings is 1. The summed E-state index contributed by atoms with van der Waals surface area (Å²) in [5.74, 6) is 0. The van der Waals surface area contributed by atoms with Crippen molar-refractivity contribution in [3.05, 3.63) is 16.1 Å². The Kier molecular flexibility index (Phi) is 4.04. The molecule has 80 valence electrons. The monoisotopic (exact) mass is 213 g/mol. The van der Waals surface area contributed by atoms with Gasteiger partial charge in [0.1, 0.15) is 0 Å². The van der Waals surface area contributed by atoms with Gasteiger partial charge in [0.2, 0.25) is 0 Å². The summed E-state index contributed by atoms with van der Waals surface area (Å²) < 4.78 is 0. The van der Waals surface area contributed by atoms with Crippen LogP contribution in [0.15, 0.2) is 5.38 Å². The minimum atomic E-state index is -0.149. The SMILES string of the molecule is CCc1nc(CNCC(C)(C)N)cs1. The molecule has 0 saturated heterocycles. The Morgan fingerprint density at radius 3 is 2.79 bits per heavy atom. The van der Waals surface area contributed by atoms with Gasteiger partial charge in [-0.05, 0) is 20.3 Å². The third kappa shape index (κ3) is 4.17. The van der Waals surface area contributed by atoms with Gasteiger partial charge in [0.25, 0.3) is 0 Å². The first kappa shape index (κ1) is 11.6. The average Bonchev–Trinajstić information content (AvgIpc) is 2.50. The summed E-state index contributed by atoms with van der Waals surface area (Å²) in [6.45, 7) is 7.78. The Morgan fingerprint density at radius 2 is 2.29 bits per heavy atom. The molecule has 4 heteroatoms. The predicted octanol–water partition coefficient (Wildman–Crippen LogP) is 1.53. The van der Waals surface area contributed by atoms with Crippen LogP contribution in [-0.2, 0) is 13.0 Å². The van der Waals surface area contributed by atoms with Crippen molar-refractivity contribution in [3.63, 3.8) is 0 Å². The first-order chi connectivity index (χ1) is 6.51. The highest BCUT2D eigenvalue weighted by molar-refractivity contribution is 7.09. The van der Waals surface area contributed by atoms with Crippen LogP contribution in [0.5, 0.6) is 0 Å². The van der Waals surface area contributed by atoms with Crippen LogP contribution in [0.3, 0.4) is 0 Å². The van der Waals surface area contributed by atoms with E-state index >= 15 is 0 Å². The molecule has 0 radical (unpaired) electrons. The number of hydrogen-bond acceptors (Lipinski definition) is 4. The number of aryl methyl sites for hydroxylation is 1. The van der Waals surface area contributed by atoms with E-state index in [1.165, 1.54) is 5.01 Å². The quantitative estimate of drug-likeness (QED) is 0.780. The third-order valence-electron chi connectivity index (χ3n) is 1.79. The van der Waals surface area contributed by atoms with Crippen LogP contribution in [0.2, 0.25) is 0 Å². The molecular weight excluding hydrogens is 194 g/mol. The molecule has 1 rings (SSSR count). The van der Waals surface area contributed by atoms with Crippen molar-refractivity contribution in [2.45, 2.75) is 39.3 Å². The van der Waals surface area contributed by atoms with Crippen LogP contribution in [0.25, 0.3) is 0 Å². The highest BCUT2D eigenvalue weighted by Gasteiger charge is 2.09. The molecule has 0 aliphatic heterocycles. The zero-order chi connectivity index (χ0) is 10.6. The highest BCUT2D eigenvalue weighted by atomic mass is 32.1. The standard InChI is InChI=1S/C10H19N3S/c1-4-9-13-8(6-14-9)5-12-7-10(2,3)11/h6,12H,4-5,7,11H2,1-3H3. The lowest BCUT2D eigenvalue weighted by molar-refractivity contribution is 0.465. The van der Waals surface area contributed by atoms with Gasteiger partial charge in [-0.25, -0.2) is 4.98 Å². The van der Waals surface area contributed by atoms with Gasteiger partial charge >= 0.3 is 0 Å². The number of nitrogens with zero attached hydrogens (tertiary/aromatic N) is 1. The third-order valence-corrected chi connectivity index (χ3v) is 2.83. The Labute approximate surface area is 89.7 Å². The van der Waals surface area contributed by atoms with E-state index in [-0.39, 0.29) is 5.54 Å². The largest absolute Gasteiger partial charge is 0.324 e. The summed E-state index contributed by atoms with van der Waals surface area (Å²) in [4.78, 5) is 4.46. The average molecular weight is 213 g/mol. The van der Waals surface area contributed by atoms with Crippen LogP contribution in [0, 0.1) is 0 Å². The molecule has 14 heavy (non-hydrogen) atoms. The molecule has 0 fully saturated rings. The fourth-order valence-electron chi connectivity index (χ4n) is 1.11. The van der Waals surface area contributed by atoms with E-state index in [1.807, 2.05) is 13.8 Å². The van der Waals surface area contributed by atoms with E-state index in [2.05, 4.69) is 22.6 Å². The maximum Gasteiger partial charge on any atom is 0.0926 e. The molecule has 3 nitrogen and oxygen atoms in total. The summed E-state index contributed by atoms with van der Waals surface area (Å²) in [5.41, 5.74) is 6.82. The molecular formula is C10H19N3S. The predicted molar refractivity (Wildman–Crippen MR) is 61.5 cm³/mol. The molecule has 0 aliphatic rings. The van der Waals surface area contributed by atoms with Crippen molar-refractivity contribution >= 4 is 11.3 Å². The lowest BCUT2D eigenvalue weighted by atomic mass is 10.1. The van der Waals surface area contributed by atoms with Crippen LogP contribution < -0.4 is 11.1 Å². The Hall–Kier alpha value is -0.450. The van der Waals surface area contributed by atoms with E-state index in [9.17, 15) is 0 Å². The second kappa shape index (κ2) is 4.87. The number of nitrogens with one attached hydrogen (secondary N) is 1. The number of aromatic nitrogens is 1. The van der Waals surface area contributed by atoms with Crippen molar-refractivity contribution in [1.82, 2.24) is 10.3 Å². The first-order valence-electron chi connectivity index (χ1n) is 4.94. The summed E-state index contributed by atoms with van der Waals surface area (Å²) in [7, 11) is 0. The van der Waals surface area contributed by atoms with E-state index in [4.69, 9.17) is 5.73 Å². The Morgan fingerprint density at radius 1 is 1.57 bits per heavy atom. The molecule has 0 bridgehead atoms. The van der Waals surface area contributed by atoms with Crippen molar-refractivity contribution in [1.29, 1.82) is 0 Å². The molecule has 0 aromatic carbocycles. The van der Waals surface area contributed by atoms with Crippen molar-refractivity contribution in [2.24, 2.45) is 5.73 Å². The molecule has 3 N–H and O–H groups in total. The Bertz CT molecular complexity index is 275. The zero-order valence-corrected chi connectivity index (χ0v) is 9.95. The number of rotatable bonds is 5. The number of hydrogen-bond donors (Lipinski definition) is 2. The van der Waals surface area contributed by atoms with Gasteiger partial charge in [-0.2, -0.15) is 0 Å². The molecule has 0 spiro atoms. The molecule has 1 aromatic rings. The van der Waals surface area contributed by atoms with Gasteiger partial charge in [0, 0.05) is 24.0 Å². The van der Waals surface area contributed by atoms with Gasteiger partial charge in [0.15, 0.2) is 0 Å². The zero-order valence-electron chi connectivity index (χ0n) is 9.13. The maximum absolute atomic E-state index is 5.85. The van der Waals surface area contributed by atoms with Crippen molar-refractivity contribution in [3.8, 4) is 0 Å². The second-order valence-electron chi connectivity index (χ2n) is 4.18. The Balaban J connectivity index is 2.31. The molecule has 0 aliphatic carbocycles. The van der Waals surface area contributed by atoms with E-state index in [1.54, 1.807) is 11.3 Å². The summed E-state index contributed by atoms with van der Waals surface area (Å²) >= 11 is 1.73. The normalized spacial score (nSPS) is 12.0. The van der Waals surface area contributed by atoms with Crippen LogP contribution in [-0.4, -0.2) is 17.1 Å². The van der Waals surface area contributed by atoms with Crippen LogP contribution in [0.1, 0.15) is 31.5 Å². The van der Waals surface area contributed by atoms with Gasteiger partial charge in [-0.15, -0.1) is 11.3 Å². The van der Waals surface area contributed by atoms with Crippen LogP contribution >= 0.6 is 11.3 Å². The lowest BCUT2D eigenvalue weighted by Gasteiger charge is -2.18. The smallest absolute Gasteiger partial charge is 0.0926 e. The van der Waals surface area contributed by atoms with Gasteiger partial charge < -0.3 is 11.1 Å². The van der Waals surface area contributed by atoms with Gasteiger partial charge in [-0.3, -0.25) is 0 Å². The topological polar surface area (TPSA) is 50.9 Å². The van der Waals surface area contributed by atoms with Crippen LogP contribution in [0.4, 0.5) is 0 Å². The summed E-state index contributed by atoms with van der Waals surface area (Å²) in [5, 5.41) is 6.61. The first-order valence-corrected chi connectivity index (χ1v) is 5.82. The molecule has 0 saturated carbocycles. The van der Waals surface area contributed by atoms with Crippen molar-refractivity contribution < 1.29 is 0 Å². The van der Waals surface area contributed by atoms with E-state index in [0.717, 1.165) is 25.2 Å². The molecule has 1 heterocycles. The van der Waals surface area contributed by atoms with E-state index in [0.29, 0.717) is 0 Å². The summed E-state index contributed by atoms with van der Waals surface area (Å²) in [6, 6.07) is 0. The van der Waals surface area contributed by atoms with Gasteiger partial charge in [-0.1, -0.05) is 6.92 Å². The summed E-state index contributed by atoms with van der Waals surface area (Å²) in [6.07, 6.45) is 1.02. The minimum Gasteiger partial charge on any atom is -0.324 e. The number of nitrogens with two attached hydrogens (primary N) is 1. The second-order valence-corrected chi connectivity index (χ2v) is 5.12. The fourth-order valence-corrected chi connectivity index (χ4v) is 1.85. The lowest BCUT2D eigenvalue weighted by Crippen LogP contribution is -2.42.